The van der Waals surface area contributed by atoms with Crippen molar-refractivity contribution in [1.29, 1.82) is 0 Å². The highest BCUT2D eigenvalue weighted by Gasteiger charge is 2.47. The fourth-order valence-electron chi connectivity index (χ4n) is 10.5. The monoisotopic (exact) mass is 797 g/mol. The van der Waals surface area contributed by atoms with Gasteiger partial charge in [-0.2, -0.15) is 0 Å². The van der Waals surface area contributed by atoms with E-state index in [0.29, 0.717) is 0 Å². The summed E-state index contributed by atoms with van der Waals surface area (Å²) in [7, 11) is 0. The normalized spacial score (nSPS) is 16.0. The highest BCUT2D eigenvalue weighted by Crippen LogP contribution is 2.59. The Hall–Kier alpha value is -5.66. The fourth-order valence-corrected chi connectivity index (χ4v) is 10.5. The van der Waals surface area contributed by atoms with Crippen molar-refractivity contribution in [3.05, 3.63) is 208 Å². The zero-order chi connectivity index (χ0) is 43.1. The first kappa shape index (κ1) is 40.7. The Labute approximate surface area is 366 Å². The van der Waals surface area contributed by atoms with Crippen LogP contribution in [-0.2, 0) is 27.1 Å². The van der Waals surface area contributed by atoms with E-state index in [-0.39, 0.29) is 21.7 Å². The first-order chi connectivity index (χ1) is 28.9. The molecule has 0 aliphatic heterocycles. The van der Waals surface area contributed by atoms with Crippen molar-refractivity contribution in [2.45, 2.75) is 116 Å². The Balaban J connectivity index is 1.43. The zero-order valence-electron chi connectivity index (χ0n) is 38.4. The maximum atomic E-state index is 2.59. The molecule has 7 aromatic carbocycles. The Bertz CT molecular complexity index is 2640. The number of rotatable bonds is 6. The molecule has 0 fully saturated rings. The van der Waals surface area contributed by atoms with E-state index in [0.717, 1.165) is 11.4 Å². The molecule has 2 aliphatic carbocycles. The number of benzene rings is 7. The zero-order valence-corrected chi connectivity index (χ0v) is 38.4. The lowest BCUT2D eigenvalue weighted by atomic mass is 9.62. The second-order valence-electron chi connectivity index (χ2n) is 21.4. The van der Waals surface area contributed by atoms with Crippen LogP contribution in [-0.4, -0.2) is 0 Å². The van der Waals surface area contributed by atoms with E-state index < -0.39 is 5.41 Å². The quantitative estimate of drug-likeness (QED) is 0.162. The van der Waals surface area contributed by atoms with Crippen LogP contribution < -0.4 is 4.90 Å². The predicted molar refractivity (Wildman–Crippen MR) is 261 cm³/mol. The van der Waals surface area contributed by atoms with Crippen molar-refractivity contribution in [3.8, 4) is 22.3 Å². The topological polar surface area (TPSA) is 3.24 Å². The van der Waals surface area contributed by atoms with E-state index in [1.165, 1.54) is 90.9 Å². The van der Waals surface area contributed by atoms with Crippen LogP contribution in [0.15, 0.2) is 158 Å². The number of nitrogens with zero attached hydrogens (tertiary/aromatic N) is 1. The van der Waals surface area contributed by atoms with E-state index in [1.54, 1.807) is 0 Å². The second kappa shape index (κ2) is 14.5. The van der Waals surface area contributed by atoms with Crippen LogP contribution in [0, 0.1) is 6.92 Å². The number of anilines is 3. The van der Waals surface area contributed by atoms with Crippen LogP contribution in [0.3, 0.4) is 0 Å². The molecule has 308 valence electrons. The molecule has 0 unspecified atom stereocenters. The minimum Gasteiger partial charge on any atom is -0.310 e. The van der Waals surface area contributed by atoms with Crippen LogP contribution in [0.5, 0.6) is 0 Å². The van der Waals surface area contributed by atoms with Gasteiger partial charge in [0.1, 0.15) is 0 Å². The molecule has 0 N–H and O–H groups in total. The summed E-state index contributed by atoms with van der Waals surface area (Å²) < 4.78 is 0. The van der Waals surface area contributed by atoms with Crippen molar-refractivity contribution < 1.29 is 0 Å². The van der Waals surface area contributed by atoms with Gasteiger partial charge in [0.2, 0.25) is 0 Å². The van der Waals surface area contributed by atoms with Crippen molar-refractivity contribution in [2.24, 2.45) is 0 Å². The number of hydrogen-bond donors (Lipinski definition) is 0. The molecular formula is C60H63N. The van der Waals surface area contributed by atoms with Crippen molar-refractivity contribution in [2.75, 3.05) is 4.90 Å². The largest absolute Gasteiger partial charge is 0.310 e. The Morgan fingerprint density at radius 2 is 0.869 bits per heavy atom. The predicted octanol–water partition coefficient (Wildman–Crippen LogP) is 16.4. The average molecular weight is 798 g/mol. The molecule has 1 nitrogen and oxygen atoms in total. The van der Waals surface area contributed by atoms with E-state index in [1.807, 2.05) is 0 Å². The second-order valence-corrected chi connectivity index (χ2v) is 21.4. The molecule has 0 radical (unpaired) electrons. The third kappa shape index (κ3) is 6.77. The summed E-state index contributed by atoms with van der Waals surface area (Å²) in [4.78, 5) is 2.55. The summed E-state index contributed by atoms with van der Waals surface area (Å²) in [6.45, 7) is 25.9. The third-order valence-electron chi connectivity index (χ3n) is 14.3. The van der Waals surface area contributed by atoms with Gasteiger partial charge in [-0.15, -0.1) is 0 Å². The number of hydrogen-bond acceptors (Lipinski definition) is 1. The average Bonchev–Trinajstić information content (AvgIpc) is 3.53. The molecule has 0 saturated carbocycles. The summed E-state index contributed by atoms with van der Waals surface area (Å²) in [5, 5.41) is 0. The van der Waals surface area contributed by atoms with E-state index in [2.05, 4.69) is 239 Å². The van der Waals surface area contributed by atoms with E-state index in [4.69, 9.17) is 0 Å². The summed E-state index contributed by atoms with van der Waals surface area (Å²) in [5.41, 5.74) is 20.5. The van der Waals surface area contributed by atoms with Gasteiger partial charge in [0.05, 0.1) is 11.1 Å². The summed E-state index contributed by atoms with van der Waals surface area (Å²) in [6.07, 6.45) is 2.36. The standard InChI is InChI=1S/C60H63N/c1-40-36-53-54(59(10,11)35-34-58(53,8)9)38-48(40)50-37-49-47-24-18-19-25-51(47)60(43-20-14-12-15-21-43,44-22-16-13-17-23-44)52(49)39-55(50)61(45-30-26-41(27-31-45)56(2,3)4)46-32-28-42(29-33-46)57(5,6)7/h12-33,36-39H,34-35H2,1-11H3. The lowest BCUT2D eigenvalue weighted by Crippen LogP contribution is -2.34. The Morgan fingerprint density at radius 3 is 1.36 bits per heavy atom. The molecule has 0 saturated heterocycles. The van der Waals surface area contributed by atoms with Gasteiger partial charge in [0.25, 0.3) is 0 Å². The lowest BCUT2D eigenvalue weighted by Gasteiger charge is -2.42. The SMILES string of the molecule is Cc1cc2c(cc1-c1cc3c(cc1N(c1ccc(C(C)(C)C)cc1)c1ccc(C(C)(C)C)cc1)C(c1ccccc1)(c1ccccc1)c1ccccc1-3)C(C)(C)CCC2(C)C. The Morgan fingerprint density at radius 1 is 0.410 bits per heavy atom. The molecule has 0 amide bonds. The van der Waals surface area contributed by atoms with Crippen LogP contribution in [0.2, 0.25) is 0 Å². The van der Waals surface area contributed by atoms with Crippen LogP contribution >= 0.6 is 0 Å². The maximum absolute atomic E-state index is 2.59. The molecule has 0 atom stereocenters. The molecule has 0 heterocycles. The molecule has 9 rings (SSSR count). The third-order valence-corrected chi connectivity index (χ3v) is 14.3. The molecule has 1 heteroatoms. The summed E-state index contributed by atoms with van der Waals surface area (Å²) in [5.74, 6) is 0. The smallest absolute Gasteiger partial charge is 0.0714 e. The van der Waals surface area contributed by atoms with Gasteiger partial charge in [0, 0.05) is 16.9 Å². The highest BCUT2D eigenvalue weighted by atomic mass is 15.1. The number of fused-ring (bicyclic) bond motifs is 4. The minimum absolute atomic E-state index is 0.0357. The van der Waals surface area contributed by atoms with Gasteiger partial charge in [-0.3, -0.25) is 0 Å². The highest BCUT2D eigenvalue weighted by molar-refractivity contribution is 5.97. The van der Waals surface area contributed by atoms with Gasteiger partial charge in [0.15, 0.2) is 0 Å². The lowest BCUT2D eigenvalue weighted by molar-refractivity contribution is 0.332. The van der Waals surface area contributed by atoms with Crippen LogP contribution in [0.25, 0.3) is 22.3 Å². The minimum atomic E-state index is -0.531. The Kier molecular flexibility index (Phi) is 9.67. The van der Waals surface area contributed by atoms with E-state index in [9.17, 15) is 0 Å². The van der Waals surface area contributed by atoms with Crippen LogP contribution in [0.4, 0.5) is 17.1 Å². The van der Waals surface area contributed by atoms with Crippen LogP contribution in [0.1, 0.15) is 132 Å². The van der Waals surface area contributed by atoms with Gasteiger partial charge in [-0.25, -0.2) is 0 Å². The molecule has 2 aliphatic rings. The summed E-state index contributed by atoms with van der Waals surface area (Å²) in [6, 6.07) is 60.6. The van der Waals surface area contributed by atoms with Gasteiger partial charge >= 0.3 is 0 Å². The number of aryl methyl sites for hydroxylation is 1. The molecule has 0 spiro atoms. The molecule has 0 bridgehead atoms. The maximum Gasteiger partial charge on any atom is 0.0714 e. The first-order valence-corrected chi connectivity index (χ1v) is 22.5. The first-order valence-electron chi connectivity index (χ1n) is 22.5. The van der Waals surface area contributed by atoms with Gasteiger partial charge in [-0.1, -0.05) is 184 Å². The molecular weight excluding hydrogens is 735 g/mol. The van der Waals surface area contributed by atoms with E-state index >= 15 is 0 Å². The van der Waals surface area contributed by atoms with Crippen molar-refractivity contribution in [1.82, 2.24) is 0 Å². The van der Waals surface area contributed by atoms with Crippen molar-refractivity contribution in [3.63, 3.8) is 0 Å². The molecule has 61 heavy (non-hydrogen) atoms. The molecule has 0 aromatic heterocycles. The van der Waals surface area contributed by atoms with Gasteiger partial charge in [-0.05, 0) is 151 Å². The molecule has 7 aromatic rings. The summed E-state index contributed by atoms with van der Waals surface area (Å²) >= 11 is 0. The van der Waals surface area contributed by atoms with Crippen molar-refractivity contribution >= 4 is 17.1 Å². The van der Waals surface area contributed by atoms with Gasteiger partial charge < -0.3 is 4.90 Å². The fraction of sp³-hybridized carbons (Fsp3) is 0.300.